The maximum Gasteiger partial charge on any atom is 0.257 e. The second kappa shape index (κ2) is 11.1. The van der Waals surface area contributed by atoms with Crippen molar-refractivity contribution in [2.45, 2.75) is 20.5 Å². The molecule has 0 heterocycles. The molecule has 3 N–H and O–H groups in total. The Labute approximate surface area is 193 Å². The van der Waals surface area contributed by atoms with Gasteiger partial charge in [0.05, 0.1) is 0 Å². The Morgan fingerprint density at radius 2 is 1.44 bits per heavy atom. The van der Waals surface area contributed by atoms with Crippen LogP contribution in [0.3, 0.4) is 0 Å². The number of carbonyl (C=O) groups is 2. The minimum Gasteiger partial charge on any atom is -0.489 e. The molecule has 0 spiro atoms. The minimum absolute atomic E-state index is 0.0509. The molecule has 164 valence electrons. The van der Waals surface area contributed by atoms with Gasteiger partial charge in [-0.25, -0.2) is 0 Å². The zero-order valence-electron chi connectivity index (χ0n) is 17.9. The van der Waals surface area contributed by atoms with E-state index in [9.17, 15) is 9.59 Å². The molecule has 0 fully saturated rings. The van der Waals surface area contributed by atoms with Gasteiger partial charge in [0, 0.05) is 22.9 Å². The molecule has 0 bridgehead atoms. The van der Waals surface area contributed by atoms with E-state index in [0.29, 0.717) is 29.3 Å². The normalized spacial score (nSPS) is 10.3. The molecule has 0 aliphatic carbocycles. The quantitative estimate of drug-likeness (QED) is 0.445. The van der Waals surface area contributed by atoms with Gasteiger partial charge in [0.25, 0.3) is 5.91 Å². The summed E-state index contributed by atoms with van der Waals surface area (Å²) in [5.74, 6) is 0.207. The van der Waals surface area contributed by atoms with E-state index in [2.05, 4.69) is 16.0 Å². The predicted molar refractivity (Wildman–Crippen MR) is 131 cm³/mol. The van der Waals surface area contributed by atoms with Crippen molar-refractivity contribution in [1.82, 2.24) is 5.32 Å². The molecule has 0 aliphatic rings. The van der Waals surface area contributed by atoms with E-state index in [4.69, 9.17) is 17.0 Å². The van der Waals surface area contributed by atoms with E-state index in [1.54, 1.807) is 48.5 Å². The molecule has 7 heteroatoms. The van der Waals surface area contributed by atoms with Gasteiger partial charge in [-0.05, 0) is 66.3 Å². The van der Waals surface area contributed by atoms with E-state index in [1.807, 2.05) is 44.2 Å². The third-order valence-corrected chi connectivity index (χ3v) is 4.73. The number of ether oxygens (including phenoxy) is 1. The number of benzene rings is 3. The largest absolute Gasteiger partial charge is 0.489 e. The van der Waals surface area contributed by atoms with Gasteiger partial charge in [-0.2, -0.15) is 0 Å². The number of hydrogen-bond acceptors (Lipinski definition) is 4. The Morgan fingerprint density at radius 3 is 2.03 bits per heavy atom. The lowest BCUT2D eigenvalue weighted by Gasteiger charge is -2.12. The second-order valence-electron chi connectivity index (χ2n) is 7.43. The highest BCUT2D eigenvalue weighted by atomic mass is 32.1. The summed E-state index contributed by atoms with van der Waals surface area (Å²) in [6.45, 7) is 4.12. The number of anilines is 2. The van der Waals surface area contributed by atoms with Gasteiger partial charge in [0.15, 0.2) is 5.11 Å². The van der Waals surface area contributed by atoms with E-state index in [0.717, 1.165) is 5.56 Å². The van der Waals surface area contributed by atoms with Gasteiger partial charge in [0.1, 0.15) is 12.4 Å². The lowest BCUT2D eigenvalue weighted by Crippen LogP contribution is -2.34. The summed E-state index contributed by atoms with van der Waals surface area (Å²) in [5.41, 5.74) is 2.93. The average molecular weight is 448 g/mol. The highest BCUT2D eigenvalue weighted by Gasteiger charge is 2.10. The van der Waals surface area contributed by atoms with Crippen LogP contribution in [0.1, 0.15) is 29.8 Å². The SMILES string of the molecule is CC(C)C(=O)Nc1ccc(NC(=S)NC(=O)c2ccc(OCc3ccccc3)cc2)cc1. The lowest BCUT2D eigenvalue weighted by molar-refractivity contribution is -0.118. The summed E-state index contributed by atoms with van der Waals surface area (Å²) in [6.07, 6.45) is 0. The Balaban J connectivity index is 1.48. The molecule has 0 aromatic heterocycles. The van der Waals surface area contributed by atoms with Crippen LogP contribution >= 0.6 is 12.2 Å². The zero-order chi connectivity index (χ0) is 22.9. The van der Waals surface area contributed by atoms with Crippen molar-refractivity contribution in [3.63, 3.8) is 0 Å². The first-order chi connectivity index (χ1) is 15.4. The Morgan fingerprint density at radius 1 is 0.844 bits per heavy atom. The Hall–Kier alpha value is -3.71. The molecule has 0 atom stereocenters. The summed E-state index contributed by atoms with van der Waals surface area (Å²) in [6, 6.07) is 23.8. The summed E-state index contributed by atoms with van der Waals surface area (Å²) in [4.78, 5) is 24.2. The molecule has 3 aromatic rings. The first-order valence-electron chi connectivity index (χ1n) is 10.2. The molecule has 2 amide bonds. The van der Waals surface area contributed by atoms with Crippen LogP contribution in [-0.4, -0.2) is 16.9 Å². The monoisotopic (exact) mass is 447 g/mol. The number of rotatable bonds is 7. The van der Waals surface area contributed by atoms with E-state index in [-0.39, 0.29) is 22.8 Å². The van der Waals surface area contributed by atoms with Crippen LogP contribution in [0, 0.1) is 5.92 Å². The van der Waals surface area contributed by atoms with Gasteiger partial charge >= 0.3 is 0 Å². The molecule has 0 radical (unpaired) electrons. The summed E-state index contributed by atoms with van der Waals surface area (Å²) in [7, 11) is 0. The van der Waals surface area contributed by atoms with Crippen LogP contribution in [0.5, 0.6) is 5.75 Å². The van der Waals surface area contributed by atoms with Gasteiger partial charge in [-0.3, -0.25) is 14.9 Å². The summed E-state index contributed by atoms with van der Waals surface area (Å²) >= 11 is 5.23. The van der Waals surface area contributed by atoms with Crippen LogP contribution in [0.4, 0.5) is 11.4 Å². The van der Waals surface area contributed by atoms with Crippen LogP contribution in [0.15, 0.2) is 78.9 Å². The first-order valence-corrected chi connectivity index (χ1v) is 10.6. The van der Waals surface area contributed by atoms with Crippen molar-refractivity contribution in [1.29, 1.82) is 0 Å². The van der Waals surface area contributed by atoms with E-state index < -0.39 is 0 Å². The number of thiocarbonyl (C=S) groups is 1. The fourth-order valence-electron chi connectivity index (χ4n) is 2.70. The van der Waals surface area contributed by atoms with Crippen molar-refractivity contribution >= 4 is 40.5 Å². The predicted octanol–water partition coefficient (Wildman–Crippen LogP) is 4.99. The minimum atomic E-state index is -0.321. The number of hydrogen-bond donors (Lipinski definition) is 3. The van der Waals surface area contributed by atoms with Crippen molar-refractivity contribution in [2.75, 3.05) is 10.6 Å². The fourth-order valence-corrected chi connectivity index (χ4v) is 2.92. The first kappa shape index (κ1) is 23.0. The molecule has 0 aliphatic heterocycles. The Kier molecular flexibility index (Phi) is 7.94. The highest BCUT2D eigenvalue weighted by molar-refractivity contribution is 7.80. The molecular weight excluding hydrogens is 422 g/mol. The number of carbonyl (C=O) groups excluding carboxylic acids is 2. The molecular formula is C25H25N3O3S. The molecule has 0 unspecified atom stereocenters. The average Bonchev–Trinajstić information content (AvgIpc) is 2.80. The fraction of sp³-hybridized carbons (Fsp3) is 0.160. The molecule has 0 saturated carbocycles. The molecule has 3 aromatic carbocycles. The van der Waals surface area contributed by atoms with Crippen LogP contribution in [0.25, 0.3) is 0 Å². The molecule has 6 nitrogen and oxygen atoms in total. The lowest BCUT2D eigenvalue weighted by atomic mass is 10.2. The third kappa shape index (κ3) is 6.92. The smallest absolute Gasteiger partial charge is 0.257 e. The zero-order valence-corrected chi connectivity index (χ0v) is 18.7. The number of nitrogens with one attached hydrogen (secondary N) is 3. The van der Waals surface area contributed by atoms with Crippen LogP contribution in [0.2, 0.25) is 0 Å². The van der Waals surface area contributed by atoms with Crippen molar-refractivity contribution in [2.24, 2.45) is 5.92 Å². The molecule has 32 heavy (non-hydrogen) atoms. The maximum absolute atomic E-state index is 12.4. The molecule has 0 saturated heterocycles. The van der Waals surface area contributed by atoms with E-state index in [1.165, 1.54) is 0 Å². The van der Waals surface area contributed by atoms with Crippen molar-refractivity contribution in [3.8, 4) is 5.75 Å². The second-order valence-corrected chi connectivity index (χ2v) is 7.84. The summed E-state index contributed by atoms with van der Waals surface area (Å²) in [5, 5.41) is 8.61. The maximum atomic E-state index is 12.4. The van der Waals surface area contributed by atoms with Crippen molar-refractivity contribution < 1.29 is 14.3 Å². The van der Waals surface area contributed by atoms with Gasteiger partial charge in [-0.1, -0.05) is 44.2 Å². The van der Waals surface area contributed by atoms with Gasteiger partial charge in [0.2, 0.25) is 5.91 Å². The van der Waals surface area contributed by atoms with Gasteiger partial charge in [-0.15, -0.1) is 0 Å². The highest BCUT2D eigenvalue weighted by Crippen LogP contribution is 2.16. The molecule has 3 rings (SSSR count). The third-order valence-electron chi connectivity index (χ3n) is 4.53. The Bertz CT molecular complexity index is 1070. The topological polar surface area (TPSA) is 79.5 Å². The van der Waals surface area contributed by atoms with Crippen molar-refractivity contribution in [3.05, 3.63) is 90.0 Å². The van der Waals surface area contributed by atoms with Crippen LogP contribution in [-0.2, 0) is 11.4 Å². The van der Waals surface area contributed by atoms with Gasteiger partial charge < -0.3 is 15.4 Å². The standard InChI is InChI=1S/C25H25N3O3S/c1-17(2)23(29)26-20-10-12-21(13-11-20)27-25(32)28-24(30)19-8-14-22(15-9-19)31-16-18-6-4-3-5-7-18/h3-15,17H,16H2,1-2H3,(H,26,29)(H2,27,28,30,32). The van der Waals surface area contributed by atoms with Crippen LogP contribution < -0.4 is 20.7 Å². The van der Waals surface area contributed by atoms with E-state index >= 15 is 0 Å². The number of amides is 2. The summed E-state index contributed by atoms with van der Waals surface area (Å²) < 4.78 is 5.74.